The van der Waals surface area contributed by atoms with Gasteiger partial charge in [0, 0.05) is 40.2 Å². The molecule has 0 bridgehead atoms. The molecule has 0 aliphatic heterocycles. The van der Waals surface area contributed by atoms with Gasteiger partial charge in [-0.05, 0) is 6.07 Å². The van der Waals surface area contributed by atoms with E-state index in [0.717, 1.165) is 5.52 Å². The first-order chi connectivity index (χ1) is 8.30. The Morgan fingerprint density at radius 2 is 2.00 bits per heavy atom. The van der Waals surface area contributed by atoms with E-state index in [4.69, 9.17) is 0 Å². The molecule has 2 aromatic rings. The van der Waals surface area contributed by atoms with Crippen molar-refractivity contribution in [1.29, 1.82) is 0 Å². The van der Waals surface area contributed by atoms with Crippen LogP contribution >= 0.6 is 0 Å². The molecule has 1 aromatic carbocycles. The minimum Gasteiger partial charge on any atom is -0.360 e. The van der Waals surface area contributed by atoms with Crippen molar-refractivity contribution in [3.63, 3.8) is 0 Å². The molecule has 1 aromatic heterocycles. The molecule has 0 saturated carbocycles. The lowest BCUT2D eigenvalue weighted by atomic mass is 9.86. The van der Waals surface area contributed by atoms with Gasteiger partial charge in [0.15, 0.2) is 5.78 Å². The largest absolute Gasteiger partial charge is 0.360 e. The molecule has 0 amide bonds. The number of rotatable bonds is 2. The number of carbonyl (C=O) groups excluding carboxylic acids is 1. The normalized spacial score (nSPS) is 11.7. The predicted octanol–water partition coefficient (Wildman–Crippen LogP) is 3.30. The number of hydrogen-bond acceptors (Lipinski definition) is 3. The zero-order chi connectivity index (χ0) is 13.5. The van der Waals surface area contributed by atoms with E-state index < -0.39 is 10.3 Å². The highest BCUT2D eigenvalue weighted by atomic mass is 16.6. The monoisotopic (exact) mass is 246 g/mol. The molecule has 2 rings (SSSR count). The first-order valence-electron chi connectivity index (χ1n) is 5.61. The first-order valence-corrected chi connectivity index (χ1v) is 5.61. The van der Waals surface area contributed by atoms with E-state index in [9.17, 15) is 14.9 Å². The summed E-state index contributed by atoms with van der Waals surface area (Å²) in [5.74, 6) is -0.0331. The fourth-order valence-corrected chi connectivity index (χ4v) is 1.81. The highest BCUT2D eigenvalue weighted by molar-refractivity contribution is 6.10. The standard InChI is InChI=1S/C13H14N2O3/c1-13(2,3)12(16)10-7-14-11-5-4-8(15(17)18)6-9(10)11/h4-7,14H,1-3H3. The summed E-state index contributed by atoms with van der Waals surface area (Å²) in [5, 5.41) is 11.4. The summed E-state index contributed by atoms with van der Waals surface area (Å²) in [6.07, 6.45) is 1.61. The second-order valence-electron chi connectivity index (χ2n) is 5.27. The average Bonchev–Trinajstić information content (AvgIpc) is 2.68. The summed E-state index contributed by atoms with van der Waals surface area (Å²) in [7, 11) is 0. The summed E-state index contributed by atoms with van der Waals surface area (Å²) in [6, 6.07) is 4.47. The Balaban J connectivity index is 2.62. The molecule has 0 unspecified atom stereocenters. The van der Waals surface area contributed by atoms with E-state index in [1.165, 1.54) is 12.1 Å². The maximum Gasteiger partial charge on any atom is 0.270 e. The van der Waals surface area contributed by atoms with Gasteiger partial charge in [-0.25, -0.2) is 0 Å². The number of aromatic nitrogens is 1. The number of carbonyl (C=O) groups is 1. The van der Waals surface area contributed by atoms with E-state index in [0.29, 0.717) is 10.9 Å². The number of benzene rings is 1. The number of nitro benzene ring substituents is 1. The van der Waals surface area contributed by atoms with Crippen LogP contribution in [0.15, 0.2) is 24.4 Å². The van der Waals surface area contributed by atoms with Crippen LogP contribution in [0.4, 0.5) is 5.69 Å². The fourth-order valence-electron chi connectivity index (χ4n) is 1.81. The van der Waals surface area contributed by atoms with Gasteiger partial charge in [0.2, 0.25) is 0 Å². The van der Waals surface area contributed by atoms with Crippen LogP contribution in [-0.2, 0) is 0 Å². The molecular weight excluding hydrogens is 232 g/mol. The fraction of sp³-hybridized carbons (Fsp3) is 0.308. The van der Waals surface area contributed by atoms with Crippen LogP contribution in [0.2, 0.25) is 0 Å². The number of aromatic amines is 1. The Labute approximate surface area is 104 Å². The first kappa shape index (κ1) is 12.3. The Morgan fingerprint density at radius 3 is 2.56 bits per heavy atom. The highest BCUT2D eigenvalue weighted by Gasteiger charge is 2.25. The number of nitrogens with zero attached hydrogens (tertiary/aromatic N) is 1. The zero-order valence-electron chi connectivity index (χ0n) is 10.5. The number of ketones is 1. The molecular formula is C13H14N2O3. The molecule has 1 heterocycles. The van der Waals surface area contributed by atoms with Crippen molar-refractivity contribution in [2.45, 2.75) is 20.8 Å². The Kier molecular flexibility index (Phi) is 2.69. The molecule has 5 nitrogen and oxygen atoms in total. The van der Waals surface area contributed by atoms with E-state index in [-0.39, 0.29) is 11.5 Å². The quantitative estimate of drug-likeness (QED) is 0.501. The van der Waals surface area contributed by atoms with Gasteiger partial charge < -0.3 is 4.98 Å². The molecule has 0 fully saturated rings. The number of nitro groups is 1. The molecule has 94 valence electrons. The number of Topliss-reactive ketones (excluding diaryl/α,β-unsaturated/α-hetero) is 1. The maximum atomic E-state index is 12.2. The van der Waals surface area contributed by atoms with E-state index in [1.54, 1.807) is 12.3 Å². The lowest BCUT2D eigenvalue weighted by molar-refractivity contribution is -0.384. The predicted molar refractivity (Wildman–Crippen MR) is 68.7 cm³/mol. The van der Waals surface area contributed by atoms with Crippen molar-refractivity contribution in [2.75, 3.05) is 0 Å². The van der Waals surface area contributed by atoms with Crippen LogP contribution in [0.1, 0.15) is 31.1 Å². The van der Waals surface area contributed by atoms with Crippen LogP contribution in [0, 0.1) is 15.5 Å². The number of hydrogen-bond donors (Lipinski definition) is 1. The van der Waals surface area contributed by atoms with Gasteiger partial charge in [-0.2, -0.15) is 0 Å². The summed E-state index contributed by atoms with van der Waals surface area (Å²) in [4.78, 5) is 25.5. The van der Waals surface area contributed by atoms with Crippen molar-refractivity contribution in [3.05, 3.63) is 40.1 Å². The topological polar surface area (TPSA) is 76.0 Å². The van der Waals surface area contributed by atoms with E-state index >= 15 is 0 Å². The summed E-state index contributed by atoms with van der Waals surface area (Å²) < 4.78 is 0. The second-order valence-corrected chi connectivity index (χ2v) is 5.27. The lowest BCUT2D eigenvalue weighted by Gasteiger charge is -2.15. The smallest absolute Gasteiger partial charge is 0.270 e. The van der Waals surface area contributed by atoms with Crippen molar-refractivity contribution in [1.82, 2.24) is 4.98 Å². The van der Waals surface area contributed by atoms with Crippen molar-refractivity contribution >= 4 is 22.4 Å². The van der Waals surface area contributed by atoms with Gasteiger partial charge >= 0.3 is 0 Å². The van der Waals surface area contributed by atoms with Crippen LogP contribution < -0.4 is 0 Å². The van der Waals surface area contributed by atoms with E-state index in [1.807, 2.05) is 20.8 Å². The minimum absolute atomic E-state index is 0.00920. The zero-order valence-corrected chi connectivity index (χ0v) is 10.5. The van der Waals surface area contributed by atoms with Crippen molar-refractivity contribution < 1.29 is 9.72 Å². The molecule has 1 N–H and O–H groups in total. The Morgan fingerprint density at radius 1 is 1.33 bits per heavy atom. The minimum atomic E-state index is -0.514. The van der Waals surface area contributed by atoms with Gasteiger partial charge in [0.1, 0.15) is 0 Å². The molecule has 0 spiro atoms. The molecule has 5 heteroatoms. The van der Waals surface area contributed by atoms with Crippen molar-refractivity contribution in [3.8, 4) is 0 Å². The van der Waals surface area contributed by atoms with E-state index in [2.05, 4.69) is 4.98 Å². The molecule has 0 saturated heterocycles. The number of nitrogens with one attached hydrogen (secondary N) is 1. The molecule has 18 heavy (non-hydrogen) atoms. The summed E-state index contributed by atoms with van der Waals surface area (Å²) in [6.45, 7) is 5.47. The van der Waals surface area contributed by atoms with Crippen LogP contribution in [-0.4, -0.2) is 15.7 Å². The van der Waals surface area contributed by atoms with Gasteiger partial charge in [0.25, 0.3) is 5.69 Å². The SMILES string of the molecule is CC(C)(C)C(=O)c1c[nH]c2ccc([N+](=O)[O-])cc12. The van der Waals surface area contributed by atoms with Crippen molar-refractivity contribution in [2.24, 2.45) is 5.41 Å². The summed E-state index contributed by atoms with van der Waals surface area (Å²) >= 11 is 0. The van der Waals surface area contributed by atoms with Gasteiger partial charge in [0.05, 0.1) is 4.92 Å². The van der Waals surface area contributed by atoms with Gasteiger partial charge in [-0.15, -0.1) is 0 Å². The molecule has 0 radical (unpaired) electrons. The third-order valence-electron chi connectivity index (χ3n) is 2.80. The van der Waals surface area contributed by atoms with Crippen LogP contribution in [0.25, 0.3) is 10.9 Å². The van der Waals surface area contributed by atoms with Crippen LogP contribution in [0.3, 0.4) is 0 Å². The number of non-ortho nitro benzene ring substituents is 1. The molecule has 0 atom stereocenters. The third kappa shape index (κ3) is 1.99. The van der Waals surface area contributed by atoms with Crippen LogP contribution in [0.5, 0.6) is 0 Å². The number of fused-ring (bicyclic) bond motifs is 1. The highest BCUT2D eigenvalue weighted by Crippen LogP contribution is 2.28. The molecule has 0 aliphatic rings. The van der Waals surface area contributed by atoms with Gasteiger partial charge in [-0.1, -0.05) is 20.8 Å². The lowest BCUT2D eigenvalue weighted by Crippen LogP contribution is -2.19. The average molecular weight is 246 g/mol. The van der Waals surface area contributed by atoms with Gasteiger partial charge in [-0.3, -0.25) is 14.9 Å². The maximum absolute atomic E-state index is 12.2. The Bertz CT molecular complexity index is 635. The summed E-state index contributed by atoms with van der Waals surface area (Å²) in [5.41, 5.74) is 0.708. The number of H-pyrrole nitrogens is 1. The Hall–Kier alpha value is -2.17. The second kappa shape index (κ2) is 3.94. The third-order valence-corrected chi connectivity index (χ3v) is 2.80. The molecule has 0 aliphatic carbocycles.